The Hall–Kier alpha value is -0.930. The molecule has 0 aromatic heterocycles. The van der Waals surface area contributed by atoms with Gasteiger partial charge in [0.1, 0.15) is 0 Å². The molecule has 1 aromatic carbocycles. The standard InChI is InChI=1S/C12H19ClN2O/c1-3-7-16-8-6-15(2)12-9-10(13)4-5-11(12)14/h4-5,9H,3,6-8,14H2,1-2H3. The van der Waals surface area contributed by atoms with Crippen molar-refractivity contribution >= 4 is 23.0 Å². The number of nitrogen functional groups attached to an aromatic ring is 1. The van der Waals surface area contributed by atoms with Gasteiger partial charge in [-0.15, -0.1) is 0 Å². The van der Waals surface area contributed by atoms with Gasteiger partial charge in [-0.3, -0.25) is 0 Å². The van der Waals surface area contributed by atoms with Crippen molar-refractivity contribution < 1.29 is 4.74 Å². The van der Waals surface area contributed by atoms with E-state index in [2.05, 4.69) is 11.8 Å². The van der Waals surface area contributed by atoms with Crippen molar-refractivity contribution in [3.8, 4) is 0 Å². The maximum Gasteiger partial charge on any atom is 0.0641 e. The van der Waals surface area contributed by atoms with E-state index in [1.807, 2.05) is 19.2 Å². The van der Waals surface area contributed by atoms with Crippen molar-refractivity contribution in [2.75, 3.05) is 37.4 Å². The summed E-state index contributed by atoms with van der Waals surface area (Å²) < 4.78 is 5.43. The summed E-state index contributed by atoms with van der Waals surface area (Å²) in [5.74, 6) is 0. The zero-order valence-corrected chi connectivity index (χ0v) is 10.6. The van der Waals surface area contributed by atoms with Gasteiger partial charge in [-0.25, -0.2) is 0 Å². The molecule has 90 valence electrons. The summed E-state index contributed by atoms with van der Waals surface area (Å²) in [6.07, 6.45) is 1.04. The molecule has 3 nitrogen and oxygen atoms in total. The van der Waals surface area contributed by atoms with Crippen LogP contribution in [-0.2, 0) is 4.74 Å². The lowest BCUT2D eigenvalue weighted by Gasteiger charge is -2.21. The second-order valence-corrected chi connectivity index (χ2v) is 4.17. The average molecular weight is 243 g/mol. The molecule has 1 rings (SSSR count). The normalized spacial score (nSPS) is 10.4. The zero-order valence-electron chi connectivity index (χ0n) is 9.87. The quantitative estimate of drug-likeness (QED) is 0.616. The number of nitrogens with two attached hydrogens (primary N) is 1. The fourth-order valence-corrected chi connectivity index (χ4v) is 1.58. The van der Waals surface area contributed by atoms with Gasteiger partial charge < -0.3 is 15.4 Å². The molecule has 0 heterocycles. The molecule has 0 aliphatic heterocycles. The summed E-state index contributed by atoms with van der Waals surface area (Å²) in [7, 11) is 1.98. The van der Waals surface area contributed by atoms with Gasteiger partial charge in [0.15, 0.2) is 0 Å². The van der Waals surface area contributed by atoms with Crippen LogP contribution < -0.4 is 10.6 Å². The molecular weight excluding hydrogens is 224 g/mol. The number of hydrogen-bond acceptors (Lipinski definition) is 3. The lowest BCUT2D eigenvalue weighted by Crippen LogP contribution is -2.23. The molecule has 0 aliphatic rings. The Morgan fingerprint density at radius 2 is 2.12 bits per heavy atom. The van der Waals surface area contributed by atoms with Crippen LogP contribution in [-0.4, -0.2) is 26.8 Å². The highest BCUT2D eigenvalue weighted by molar-refractivity contribution is 6.31. The molecule has 1 aromatic rings. The van der Waals surface area contributed by atoms with Crippen LogP contribution in [0, 0.1) is 0 Å². The summed E-state index contributed by atoms with van der Waals surface area (Å²) in [4.78, 5) is 2.05. The molecular formula is C12H19ClN2O. The lowest BCUT2D eigenvalue weighted by molar-refractivity contribution is 0.141. The molecule has 0 aliphatic carbocycles. The van der Waals surface area contributed by atoms with Gasteiger partial charge in [0, 0.05) is 25.2 Å². The van der Waals surface area contributed by atoms with Crippen molar-refractivity contribution in [2.24, 2.45) is 0 Å². The van der Waals surface area contributed by atoms with Crippen molar-refractivity contribution in [2.45, 2.75) is 13.3 Å². The van der Waals surface area contributed by atoms with Gasteiger partial charge in [0.05, 0.1) is 18.0 Å². The third-order valence-electron chi connectivity index (χ3n) is 2.32. The Morgan fingerprint density at radius 1 is 1.38 bits per heavy atom. The monoisotopic (exact) mass is 242 g/mol. The van der Waals surface area contributed by atoms with Crippen molar-refractivity contribution in [3.05, 3.63) is 23.2 Å². The highest BCUT2D eigenvalue weighted by Crippen LogP contribution is 2.25. The van der Waals surface area contributed by atoms with Gasteiger partial charge in [0.2, 0.25) is 0 Å². The first kappa shape index (κ1) is 13.1. The predicted molar refractivity (Wildman–Crippen MR) is 70.2 cm³/mol. The average Bonchev–Trinajstić information content (AvgIpc) is 2.27. The van der Waals surface area contributed by atoms with E-state index >= 15 is 0 Å². The number of halogens is 1. The Morgan fingerprint density at radius 3 is 2.81 bits per heavy atom. The van der Waals surface area contributed by atoms with Crippen LogP contribution in [0.25, 0.3) is 0 Å². The Labute approximate surface area is 102 Å². The summed E-state index contributed by atoms with van der Waals surface area (Å²) >= 11 is 5.93. The number of anilines is 2. The minimum absolute atomic E-state index is 0.700. The second kappa shape index (κ2) is 6.61. The van der Waals surface area contributed by atoms with Crippen LogP contribution in [0.4, 0.5) is 11.4 Å². The largest absolute Gasteiger partial charge is 0.397 e. The number of ether oxygens (including phenoxy) is 1. The zero-order chi connectivity index (χ0) is 12.0. The van der Waals surface area contributed by atoms with Crippen molar-refractivity contribution in [1.82, 2.24) is 0 Å². The Balaban J connectivity index is 2.51. The number of rotatable bonds is 6. The van der Waals surface area contributed by atoms with E-state index in [4.69, 9.17) is 22.1 Å². The first-order chi connectivity index (χ1) is 7.65. The summed E-state index contributed by atoms with van der Waals surface area (Å²) in [5, 5.41) is 0.700. The Kier molecular flexibility index (Phi) is 5.43. The van der Waals surface area contributed by atoms with Gasteiger partial charge >= 0.3 is 0 Å². The van der Waals surface area contributed by atoms with E-state index in [1.54, 1.807) is 6.07 Å². The van der Waals surface area contributed by atoms with Gasteiger partial charge in [0.25, 0.3) is 0 Å². The first-order valence-corrected chi connectivity index (χ1v) is 5.87. The molecule has 0 saturated heterocycles. The van der Waals surface area contributed by atoms with Crippen LogP contribution in [0.3, 0.4) is 0 Å². The number of nitrogens with zero attached hydrogens (tertiary/aromatic N) is 1. The second-order valence-electron chi connectivity index (χ2n) is 3.74. The molecule has 0 atom stereocenters. The molecule has 0 spiro atoms. The fourth-order valence-electron chi connectivity index (χ4n) is 1.42. The number of hydrogen-bond donors (Lipinski definition) is 1. The van der Waals surface area contributed by atoms with E-state index in [-0.39, 0.29) is 0 Å². The molecule has 0 fully saturated rings. The third-order valence-corrected chi connectivity index (χ3v) is 2.56. The highest BCUT2D eigenvalue weighted by Gasteiger charge is 2.05. The molecule has 0 saturated carbocycles. The van der Waals surface area contributed by atoms with Gasteiger partial charge in [-0.05, 0) is 24.6 Å². The summed E-state index contributed by atoms with van der Waals surface area (Å²) in [6.45, 7) is 4.42. The SMILES string of the molecule is CCCOCCN(C)c1cc(Cl)ccc1N. The Bertz CT molecular complexity index is 331. The molecule has 0 radical (unpaired) electrons. The third kappa shape index (κ3) is 3.91. The maximum absolute atomic E-state index is 5.93. The fraction of sp³-hybridized carbons (Fsp3) is 0.500. The highest BCUT2D eigenvalue weighted by atomic mass is 35.5. The topological polar surface area (TPSA) is 38.5 Å². The van der Waals surface area contributed by atoms with Crippen LogP contribution >= 0.6 is 11.6 Å². The van der Waals surface area contributed by atoms with E-state index in [0.29, 0.717) is 11.6 Å². The van der Waals surface area contributed by atoms with Crippen LogP contribution in [0.15, 0.2) is 18.2 Å². The first-order valence-electron chi connectivity index (χ1n) is 5.49. The minimum Gasteiger partial charge on any atom is -0.397 e. The van der Waals surface area contributed by atoms with Gasteiger partial charge in [-0.2, -0.15) is 0 Å². The minimum atomic E-state index is 0.700. The molecule has 2 N–H and O–H groups in total. The van der Waals surface area contributed by atoms with E-state index in [9.17, 15) is 0 Å². The van der Waals surface area contributed by atoms with Gasteiger partial charge in [-0.1, -0.05) is 18.5 Å². The van der Waals surface area contributed by atoms with Crippen molar-refractivity contribution in [3.63, 3.8) is 0 Å². The molecule has 4 heteroatoms. The molecule has 16 heavy (non-hydrogen) atoms. The number of likely N-dealkylation sites (N-methyl/N-ethyl adjacent to an activating group) is 1. The predicted octanol–water partition coefficient (Wildman–Crippen LogP) is 2.79. The summed E-state index contributed by atoms with van der Waals surface area (Å²) in [5.41, 5.74) is 7.57. The lowest BCUT2D eigenvalue weighted by atomic mass is 10.2. The molecule has 0 unspecified atom stereocenters. The van der Waals surface area contributed by atoms with Crippen molar-refractivity contribution in [1.29, 1.82) is 0 Å². The van der Waals surface area contributed by atoms with E-state index in [1.165, 1.54) is 0 Å². The van der Waals surface area contributed by atoms with Crippen LogP contribution in [0.5, 0.6) is 0 Å². The molecule has 0 amide bonds. The summed E-state index contributed by atoms with van der Waals surface area (Å²) in [6, 6.07) is 5.49. The maximum atomic E-state index is 5.93. The van der Waals surface area contributed by atoms with E-state index < -0.39 is 0 Å². The van der Waals surface area contributed by atoms with Crippen LogP contribution in [0.2, 0.25) is 5.02 Å². The molecule has 0 bridgehead atoms. The smallest absolute Gasteiger partial charge is 0.0641 e. The van der Waals surface area contributed by atoms with Crippen LogP contribution in [0.1, 0.15) is 13.3 Å². The van der Waals surface area contributed by atoms with E-state index in [0.717, 1.165) is 30.9 Å². The number of benzene rings is 1.